The van der Waals surface area contributed by atoms with Gasteiger partial charge in [-0.3, -0.25) is 0 Å². The summed E-state index contributed by atoms with van der Waals surface area (Å²) >= 11 is 0. The average Bonchev–Trinajstić information content (AvgIpc) is 2.26. The first kappa shape index (κ1) is 13.3. The van der Waals surface area contributed by atoms with Crippen molar-refractivity contribution in [3.8, 4) is 5.75 Å². The van der Waals surface area contributed by atoms with E-state index in [1.807, 2.05) is 13.8 Å². The minimum atomic E-state index is -0.365. The number of ether oxygens (including phenoxy) is 1. The van der Waals surface area contributed by atoms with Crippen molar-refractivity contribution in [2.45, 2.75) is 44.9 Å². The Morgan fingerprint density at radius 3 is 2.83 bits per heavy atom. The van der Waals surface area contributed by atoms with E-state index in [0.29, 0.717) is 17.7 Å². The van der Waals surface area contributed by atoms with Crippen LogP contribution in [0.25, 0.3) is 0 Å². The van der Waals surface area contributed by atoms with Gasteiger partial charge >= 0.3 is 0 Å². The van der Waals surface area contributed by atoms with Crippen LogP contribution in [0.2, 0.25) is 0 Å². The van der Waals surface area contributed by atoms with Crippen LogP contribution in [-0.2, 0) is 4.74 Å². The highest BCUT2D eigenvalue weighted by Gasteiger charge is 2.30. The molecular weight excluding hydrogens is 233 g/mol. The number of benzene rings is 1. The molecule has 3 nitrogen and oxygen atoms in total. The summed E-state index contributed by atoms with van der Waals surface area (Å²) < 4.78 is 19.1. The topological polar surface area (TPSA) is 41.5 Å². The number of halogens is 1. The van der Waals surface area contributed by atoms with Crippen LogP contribution in [0.4, 0.5) is 4.39 Å². The summed E-state index contributed by atoms with van der Waals surface area (Å²) in [6, 6.07) is 4.63. The van der Waals surface area contributed by atoms with Gasteiger partial charge in [0.1, 0.15) is 11.6 Å². The number of rotatable bonds is 5. The standard InChI is InChI=1S/C14H20FNO2/c1-3-18-12-6-10(7-12)16-9(2)13-5-4-11(17)8-14(13)15/h4-5,8-10,12,16-17H,3,6-7H2,1-2H3. The van der Waals surface area contributed by atoms with Crippen LogP contribution in [0.3, 0.4) is 0 Å². The lowest BCUT2D eigenvalue weighted by Crippen LogP contribution is -2.46. The second-order valence-electron chi connectivity index (χ2n) is 4.84. The van der Waals surface area contributed by atoms with Gasteiger partial charge in [-0.2, -0.15) is 0 Å². The molecule has 1 fully saturated rings. The molecule has 2 rings (SSSR count). The van der Waals surface area contributed by atoms with Gasteiger partial charge in [0.25, 0.3) is 0 Å². The van der Waals surface area contributed by atoms with E-state index in [0.717, 1.165) is 25.5 Å². The first-order chi connectivity index (χ1) is 8.60. The van der Waals surface area contributed by atoms with Gasteiger partial charge in [0, 0.05) is 30.3 Å². The zero-order chi connectivity index (χ0) is 13.1. The van der Waals surface area contributed by atoms with E-state index < -0.39 is 0 Å². The fourth-order valence-electron chi connectivity index (χ4n) is 2.38. The SMILES string of the molecule is CCOC1CC(NC(C)c2ccc(O)cc2F)C1. The van der Waals surface area contributed by atoms with Crippen LogP contribution >= 0.6 is 0 Å². The summed E-state index contributed by atoms with van der Waals surface area (Å²) in [7, 11) is 0. The van der Waals surface area contributed by atoms with Crippen LogP contribution in [0.1, 0.15) is 38.3 Å². The van der Waals surface area contributed by atoms with Crippen LogP contribution < -0.4 is 5.32 Å². The van der Waals surface area contributed by atoms with Gasteiger partial charge < -0.3 is 15.2 Å². The van der Waals surface area contributed by atoms with Crippen LogP contribution in [0, 0.1) is 5.82 Å². The smallest absolute Gasteiger partial charge is 0.131 e. The Labute approximate surface area is 107 Å². The lowest BCUT2D eigenvalue weighted by atomic mass is 9.88. The lowest BCUT2D eigenvalue weighted by molar-refractivity contribution is -0.0120. The van der Waals surface area contributed by atoms with Crippen LogP contribution in [0.15, 0.2) is 18.2 Å². The van der Waals surface area contributed by atoms with E-state index in [1.165, 1.54) is 6.07 Å². The Balaban J connectivity index is 1.87. The van der Waals surface area contributed by atoms with Crippen molar-refractivity contribution in [3.63, 3.8) is 0 Å². The van der Waals surface area contributed by atoms with E-state index in [-0.39, 0.29) is 17.6 Å². The molecule has 1 aromatic carbocycles. The van der Waals surface area contributed by atoms with Crippen molar-refractivity contribution in [2.24, 2.45) is 0 Å². The zero-order valence-corrected chi connectivity index (χ0v) is 10.8. The molecule has 0 amide bonds. The predicted molar refractivity (Wildman–Crippen MR) is 68.1 cm³/mol. The molecule has 1 saturated carbocycles. The second kappa shape index (κ2) is 5.67. The second-order valence-corrected chi connectivity index (χ2v) is 4.84. The number of nitrogens with one attached hydrogen (secondary N) is 1. The van der Waals surface area contributed by atoms with E-state index >= 15 is 0 Å². The minimum absolute atomic E-state index is 0.0384. The van der Waals surface area contributed by atoms with Crippen LogP contribution in [0.5, 0.6) is 5.75 Å². The highest BCUT2D eigenvalue weighted by Crippen LogP contribution is 2.27. The van der Waals surface area contributed by atoms with Gasteiger partial charge in [-0.15, -0.1) is 0 Å². The Morgan fingerprint density at radius 1 is 1.50 bits per heavy atom. The van der Waals surface area contributed by atoms with Crippen LogP contribution in [-0.4, -0.2) is 23.9 Å². The first-order valence-electron chi connectivity index (χ1n) is 6.46. The molecule has 0 aliphatic heterocycles. The van der Waals surface area contributed by atoms with Gasteiger partial charge in [-0.1, -0.05) is 6.07 Å². The molecule has 0 radical (unpaired) electrons. The molecule has 1 aliphatic carbocycles. The number of aromatic hydroxyl groups is 1. The van der Waals surface area contributed by atoms with Gasteiger partial charge in [0.15, 0.2) is 0 Å². The normalized spacial score (nSPS) is 24.6. The molecule has 0 spiro atoms. The van der Waals surface area contributed by atoms with Crippen molar-refractivity contribution >= 4 is 0 Å². The van der Waals surface area contributed by atoms with E-state index in [1.54, 1.807) is 6.07 Å². The van der Waals surface area contributed by atoms with E-state index in [9.17, 15) is 9.50 Å². The Morgan fingerprint density at radius 2 is 2.22 bits per heavy atom. The Kier molecular flexibility index (Phi) is 4.19. The number of phenolic OH excluding ortho intramolecular Hbond substituents is 1. The molecule has 1 unspecified atom stereocenters. The molecule has 1 aliphatic rings. The van der Waals surface area contributed by atoms with Gasteiger partial charge in [0.2, 0.25) is 0 Å². The highest BCUT2D eigenvalue weighted by atomic mass is 19.1. The summed E-state index contributed by atoms with van der Waals surface area (Å²) in [6.07, 6.45) is 2.32. The summed E-state index contributed by atoms with van der Waals surface area (Å²) in [5.74, 6) is -0.404. The molecule has 0 bridgehead atoms. The van der Waals surface area contributed by atoms with E-state index in [2.05, 4.69) is 5.32 Å². The molecule has 4 heteroatoms. The average molecular weight is 253 g/mol. The molecule has 0 saturated heterocycles. The quantitative estimate of drug-likeness (QED) is 0.847. The van der Waals surface area contributed by atoms with Crippen molar-refractivity contribution in [2.75, 3.05) is 6.61 Å². The third-order valence-corrected chi connectivity index (χ3v) is 3.43. The van der Waals surface area contributed by atoms with Gasteiger partial charge in [-0.25, -0.2) is 4.39 Å². The fourth-order valence-corrected chi connectivity index (χ4v) is 2.38. The highest BCUT2D eigenvalue weighted by molar-refractivity contribution is 5.29. The zero-order valence-electron chi connectivity index (χ0n) is 10.8. The van der Waals surface area contributed by atoms with Crippen molar-refractivity contribution in [1.82, 2.24) is 5.32 Å². The summed E-state index contributed by atoms with van der Waals surface area (Å²) in [6.45, 7) is 4.68. The maximum absolute atomic E-state index is 13.6. The maximum Gasteiger partial charge on any atom is 0.131 e. The number of phenols is 1. The molecule has 2 N–H and O–H groups in total. The lowest BCUT2D eigenvalue weighted by Gasteiger charge is -2.37. The van der Waals surface area contributed by atoms with Gasteiger partial charge in [-0.05, 0) is 32.8 Å². The molecule has 0 aromatic heterocycles. The Hall–Kier alpha value is -1.13. The molecule has 18 heavy (non-hydrogen) atoms. The largest absolute Gasteiger partial charge is 0.508 e. The predicted octanol–water partition coefficient (Wildman–Crippen LogP) is 2.75. The molecule has 1 atom stereocenters. The molecule has 0 heterocycles. The molecule has 100 valence electrons. The van der Waals surface area contributed by atoms with Gasteiger partial charge in [0.05, 0.1) is 6.10 Å². The summed E-state index contributed by atoms with van der Waals surface area (Å²) in [5.41, 5.74) is 0.590. The monoisotopic (exact) mass is 253 g/mol. The molecular formula is C14H20FNO2. The fraction of sp³-hybridized carbons (Fsp3) is 0.571. The molecule has 1 aromatic rings. The number of hydrogen-bond acceptors (Lipinski definition) is 3. The minimum Gasteiger partial charge on any atom is -0.508 e. The third-order valence-electron chi connectivity index (χ3n) is 3.43. The maximum atomic E-state index is 13.6. The third kappa shape index (κ3) is 3.00. The van der Waals surface area contributed by atoms with Crippen molar-refractivity contribution in [3.05, 3.63) is 29.6 Å². The summed E-state index contributed by atoms with van der Waals surface area (Å²) in [4.78, 5) is 0. The number of hydrogen-bond donors (Lipinski definition) is 2. The van der Waals surface area contributed by atoms with Crippen molar-refractivity contribution in [1.29, 1.82) is 0 Å². The first-order valence-corrected chi connectivity index (χ1v) is 6.46. The van der Waals surface area contributed by atoms with E-state index in [4.69, 9.17) is 4.74 Å². The van der Waals surface area contributed by atoms with Crippen molar-refractivity contribution < 1.29 is 14.2 Å². The summed E-state index contributed by atoms with van der Waals surface area (Å²) in [5, 5.41) is 12.6. The Bertz CT molecular complexity index is 405.